The highest BCUT2D eigenvalue weighted by molar-refractivity contribution is 7.99. The van der Waals surface area contributed by atoms with Gasteiger partial charge in [-0.3, -0.25) is 14.2 Å². The second-order valence-electron chi connectivity index (χ2n) is 7.80. The van der Waals surface area contributed by atoms with Crippen molar-refractivity contribution in [2.45, 2.75) is 19.0 Å². The summed E-state index contributed by atoms with van der Waals surface area (Å²) in [5.74, 6) is 0.941. The van der Waals surface area contributed by atoms with Gasteiger partial charge in [-0.15, -0.1) is 0 Å². The zero-order valence-corrected chi connectivity index (χ0v) is 20.2. The molecule has 0 aliphatic carbocycles. The minimum absolute atomic E-state index is 0.0733. The average Bonchev–Trinajstić information content (AvgIpc) is 2.82. The number of methoxy groups -OCH3 is 2. The van der Waals surface area contributed by atoms with Crippen LogP contribution in [0, 0.1) is 13.8 Å². The zero-order chi connectivity index (χ0) is 24.2. The number of rotatable bonds is 7. The maximum atomic E-state index is 13.4. The summed E-state index contributed by atoms with van der Waals surface area (Å²) in [4.78, 5) is 30.9. The standard InChI is InChI=1S/C26H25N3O4S/c1-16-11-17(2)13-19(12-16)29-25(31)20-7-5-6-8-21(20)28-26(29)34-15-24(30)27-18-9-10-22(32-3)23(14-18)33-4/h5-14H,15H2,1-4H3,(H,27,30). The molecule has 1 amide bonds. The number of aryl methyl sites for hydroxylation is 2. The van der Waals surface area contributed by atoms with E-state index in [9.17, 15) is 9.59 Å². The highest BCUT2D eigenvalue weighted by Crippen LogP contribution is 2.30. The number of nitrogens with zero attached hydrogens (tertiary/aromatic N) is 2. The lowest BCUT2D eigenvalue weighted by Crippen LogP contribution is -2.23. The molecular weight excluding hydrogens is 450 g/mol. The number of nitrogens with one attached hydrogen (secondary N) is 1. The topological polar surface area (TPSA) is 82.5 Å². The van der Waals surface area contributed by atoms with E-state index in [0.717, 1.165) is 16.8 Å². The fourth-order valence-electron chi connectivity index (χ4n) is 3.76. The summed E-state index contributed by atoms with van der Waals surface area (Å²) < 4.78 is 12.1. The van der Waals surface area contributed by atoms with Crippen LogP contribution in [0.4, 0.5) is 5.69 Å². The fraction of sp³-hybridized carbons (Fsp3) is 0.192. The number of hydrogen-bond acceptors (Lipinski definition) is 6. The second-order valence-corrected chi connectivity index (χ2v) is 8.75. The van der Waals surface area contributed by atoms with Crippen molar-refractivity contribution in [2.75, 3.05) is 25.3 Å². The van der Waals surface area contributed by atoms with Crippen LogP contribution < -0.4 is 20.3 Å². The van der Waals surface area contributed by atoms with Crippen molar-refractivity contribution in [3.8, 4) is 17.2 Å². The van der Waals surface area contributed by atoms with E-state index in [-0.39, 0.29) is 17.2 Å². The maximum Gasteiger partial charge on any atom is 0.266 e. The summed E-state index contributed by atoms with van der Waals surface area (Å²) in [6, 6.07) is 18.3. The van der Waals surface area contributed by atoms with Gasteiger partial charge in [0, 0.05) is 11.8 Å². The Morgan fingerprint density at radius 2 is 1.68 bits per heavy atom. The molecule has 1 aromatic heterocycles. The van der Waals surface area contributed by atoms with Crippen molar-refractivity contribution >= 4 is 34.3 Å². The number of thioether (sulfide) groups is 1. The van der Waals surface area contributed by atoms with E-state index in [0.29, 0.717) is 33.2 Å². The van der Waals surface area contributed by atoms with E-state index >= 15 is 0 Å². The van der Waals surface area contributed by atoms with Crippen LogP contribution in [0.1, 0.15) is 11.1 Å². The van der Waals surface area contributed by atoms with Crippen LogP contribution in [0.25, 0.3) is 16.6 Å². The third kappa shape index (κ3) is 4.92. The van der Waals surface area contributed by atoms with Crippen LogP contribution in [0.15, 0.2) is 70.6 Å². The summed E-state index contributed by atoms with van der Waals surface area (Å²) in [7, 11) is 3.09. The van der Waals surface area contributed by atoms with Crippen LogP contribution in [0.3, 0.4) is 0 Å². The van der Waals surface area contributed by atoms with E-state index in [4.69, 9.17) is 14.5 Å². The SMILES string of the molecule is COc1ccc(NC(=O)CSc2nc3ccccc3c(=O)n2-c2cc(C)cc(C)c2)cc1OC. The number of para-hydroxylation sites is 1. The molecule has 0 saturated heterocycles. The van der Waals surface area contributed by atoms with E-state index in [1.54, 1.807) is 42.0 Å². The quantitative estimate of drug-likeness (QED) is 0.307. The molecule has 0 fully saturated rings. The molecule has 0 aliphatic rings. The Labute approximate surface area is 201 Å². The molecular formula is C26H25N3O4S. The first kappa shape index (κ1) is 23.4. The van der Waals surface area contributed by atoms with Gasteiger partial charge in [-0.25, -0.2) is 4.98 Å². The molecule has 174 valence electrons. The predicted molar refractivity (Wildman–Crippen MR) is 136 cm³/mol. The molecule has 7 nitrogen and oxygen atoms in total. The molecule has 0 bridgehead atoms. The number of benzene rings is 3. The molecule has 4 aromatic rings. The van der Waals surface area contributed by atoms with Crippen molar-refractivity contribution in [1.82, 2.24) is 9.55 Å². The minimum atomic E-state index is -0.230. The van der Waals surface area contributed by atoms with Gasteiger partial charge in [0.1, 0.15) is 0 Å². The zero-order valence-electron chi connectivity index (χ0n) is 19.4. The predicted octanol–water partition coefficient (Wildman–Crippen LogP) is 4.75. The van der Waals surface area contributed by atoms with Gasteiger partial charge < -0.3 is 14.8 Å². The third-order valence-electron chi connectivity index (χ3n) is 5.21. The van der Waals surface area contributed by atoms with Gasteiger partial charge in [-0.2, -0.15) is 0 Å². The Balaban J connectivity index is 1.65. The van der Waals surface area contributed by atoms with Gasteiger partial charge in [-0.05, 0) is 61.4 Å². The maximum absolute atomic E-state index is 13.4. The number of aromatic nitrogens is 2. The second kappa shape index (κ2) is 10.0. The Morgan fingerprint density at radius 1 is 0.971 bits per heavy atom. The molecule has 0 radical (unpaired) electrons. The van der Waals surface area contributed by atoms with E-state index < -0.39 is 0 Å². The molecule has 0 saturated carbocycles. The largest absolute Gasteiger partial charge is 0.493 e. The first-order valence-corrected chi connectivity index (χ1v) is 11.6. The molecule has 0 spiro atoms. The Kier molecular flexibility index (Phi) is 6.88. The summed E-state index contributed by atoms with van der Waals surface area (Å²) in [6.07, 6.45) is 0. The smallest absolute Gasteiger partial charge is 0.266 e. The van der Waals surface area contributed by atoms with Crippen LogP contribution in [-0.2, 0) is 4.79 Å². The van der Waals surface area contributed by atoms with Gasteiger partial charge in [-0.1, -0.05) is 30.0 Å². The number of anilines is 1. The summed E-state index contributed by atoms with van der Waals surface area (Å²) in [5, 5.41) is 3.84. The monoisotopic (exact) mass is 475 g/mol. The molecule has 1 heterocycles. The molecule has 0 atom stereocenters. The van der Waals surface area contributed by atoms with E-state index in [2.05, 4.69) is 5.32 Å². The lowest BCUT2D eigenvalue weighted by Gasteiger charge is -2.15. The molecule has 0 unspecified atom stereocenters. The summed E-state index contributed by atoms with van der Waals surface area (Å²) >= 11 is 1.21. The minimum Gasteiger partial charge on any atom is -0.493 e. The van der Waals surface area contributed by atoms with Crippen molar-refractivity contribution in [2.24, 2.45) is 0 Å². The molecule has 3 aromatic carbocycles. The molecule has 8 heteroatoms. The number of carbonyl (C=O) groups excluding carboxylic acids is 1. The first-order chi connectivity index (χ1) is 16.4. The van der Waals surface area contributed by atoms with Gasteiger partial charge in [0.05, 0.1) is 36.6 Å². The van der Waals surface area contributed by atoms with Crippen molar-refractivity contribution in [3.63, 3.8) is 0 Å². The Morgan fingerprint density at radius 3 is 2.38 bits per heavy atom. The number of ether oxygens (including phenoxy) is 2. The Bertz CT molecular complexity index is 1410. The summed E-state index contributed by atoms with van der Waals surface area (Å²) in [5.41, 5.74) is 3.81. The van der Waals surface area contributed by atoms with Gasteiger partial charge in [0.15, 0.2) is 16.7 Å². The van der Waals surface area contributed by atoms with Crippen LogP contribution in [0.5, 0.6) is 11.5 Å². The van der Waals surface area contributed by atoms with Crippen molar-refractivity contribution < 1.29 is 14.3 Å². The molecule has 34 heavy (non-hydrogen) atoms. The average molecular weight is 476 g/mol. The number of carbonyl (C=O) groups is 1. The Hall–Kier alpha value is -3.78. The van der Waals surface area contributed by atoms with Gasteiger partial charge >= 0.3 is 0 Å². The van der Waals surface area contributed by atoms with Gasteiger partial charge in [0.25, 0.3) is 5.56 Å². The summed E-state index contributed by atoms with van der Waals surface area (Å²) in [6.45, 7) is 3.97. The molecule has 1 N–H and O–H groups in total. The van der Waals surface area contributed by atoms with Crippen LogP contribution in [-0.4, -0.2) is 35.4 Å². The fourth-order valence-corrected chi connectivity index (χ4v) is 4.57. The lowest BCUT2D eigenvalue weighted by atomic mass is 10.1. The number of fused-ring (bicyclic) bond motifs is 1. The van der Waals surface area contributed by atoms with Crippen molar-refractivity contribution in [3.05, 3.63) is 82.1 Å². The van der Waals surface area contributed by atoms with Crippen molar-refractivity contribution in [1.29, 1.82) is 0 Å². The van der Waals surface area contributed by atoms with E-state index in [1.807, 2.05) is 44.2 Å². The molecule has 0 aliphatic heterocycles. The highest BCUT2D eigenvalue weighted by atomic mass is 32.2. The van der Waals surface area contributed by atoms with Crippen LogP contribution in [0.2, 0.25) is 0 Å². The van der Waals surface area contributed by atoms with Crippen LogP contribution >= 0.6 is 11.8 Å². The normalized spacial score (nSPS) is 10.8. The molecule has 4 rings (SSSR count). The number of amides is 1. The highest BCUT2D eigenvalue weighted by Gasteiger charge is 2.16. The first-order valence-electron chi connectivity index (χ1n) is 10.6. The number of hydrogen-bond donors (Lipinski definition) is 1. The van der Waals surface area contributed by atoms with E-state index in [1.165, 1.54) is 18.9 Å². The lowest BCUT2D eigenvalue weighted by molar-refractivity contribution is -0.113. The third-order valence-corrected chi connectivity index (χ3v) is 6.15. The van der Waals surface area contributed by atoms with Gasteiger partial charge in [0.2, 0.25) is 5.91 Å².